The molecule has 1 saturated heterocycles. The molecule has 0 bridgehead atoms. The number of nitrogens with one attached hydrogen (secondary N) is 1. The third kappa shape index (κ3) is 3.57. The molecule has 2 aromatic heterocycles. The van der Waals surface area contributed by atoms with Crippen LogP contribution >= 0.6 is 0 Å². The molecule has 0 saturated carbocycles. The molecule has 140 valence electrons. The quantitative estimate of drug-likeness (QED) is 0.769. The molecule has 0 unspecified atom stereocenters. The minimum atomic E-state index is -0.0923. The Bertz CT molecular complexity index is 996. The molecular formula is C21H23N3O3. The number of fused-ring (bicyclic) bond motifs is 1. The van der Waals surface area contributed by atoms with Gasteiger partial charge in [0.15, 0.2) is 0 Å². The summed E-state index contributed by atoms with van der Waals surface area (Å²) in [5.41, 5.74) is 4.28. The van der Waals surface area contributed by atoms with E-state index in [4.69, 9.17) is 9.26 Å². The molecule has 0 aliphatic carbocycles. The van der Waals surface area contributed by atoms with Crippen molar-refractivity contribution in [2.45, 2.75) is 33.2 Å². The van der Waals surface area contributed by atoms with Crippen molar-refractivity contribution >= 4 is 16.8 Å². The Labute approximate surface area is 157 Å². The topological polar surface area (TPSA) is 77.2 Å². The van der Waals surface area contributed by atoms with Crippen LogP contribution in [0.15, 0.2) is 34.9 Å². The van der Waals surface area contributed by atoms with E-state index in [1.807, 2.05) is 51.1 Å². The molecule has 2 atom stereocenters. The fraction of sp³-hybridized carbons (Fsp3) is 0.381. The zero-order valence-corrected chi connectivity index (χ0v) is 15.8. The van der Waals surface area contributed by atoms with E-state index in [0.717, 1.165) is 33.6 Å². The van der Waals surface area contributed by atoms with E-state index in [9.17, 15) is 4.79 Å². The van der Waals surface area contributed by atoms with Crippen molar-refractivity contribution in [2.75, 3.05) is 13.2 Å². The lowest BCUT2D eigenvalue weighted by Crippen LogP contribution is -2.40. The molecule has 6 nitrogen and oxygen atoms in total. The van der Waals surface area contributed by atoms with Crippen LogP contribution in [-0.4, -0.2) is 35.3 Å². The summed E-state index contributed by atoms with van der Waals surface area (Å²) in [5.74, 6) is 0.894. The largest absolute Gasteiger partial charge is 0.379 e. The van der Waals surface area contributed by atoms with E-state index in [1.54, 1.807) is 0 Å². The maximum Gasteiger partial charge on any atom is 0.252 e. The summed E-state index contributed by atoms with van der Waals surface area (Å²) in [6, 6.07) is 9.64. The van der Waals surface area contributed by atoms with E-state index in [0.29, 0.717) is 25.2 Å². The van der Waals surface area contributed by atoms with Crippen LogP contribution in [-0.2, 0) is 11.2 Å². The number of aryl methyl sites for hydroxylation is 3. The van der Waals surface area contributed by atoms with E-state index in [-0.39, 0.29) is 17.9 Å². The van der Waals surface area contributed by atoms with Gasteiger partial charge in [-0.1, -0.05) is 23.4 Å². The van der Waals surface area contributed by atoms with Crippen molar-refractivity contribution in [3.05, 3.63) is 58.6 Å². The third-order valence-electron chi connectivity index (χ3n) is 5.07. The molecule has 1 amide bonds. The highest BCUT2D eigenvalue weighted by molar-refractivity contribution is 6.06. The molecule has 1 fully saturated rings. The molecule has 3 aromatic rings. The van der Waals surface area contributed by atoms with Crippen molar-refractivity contribution < 1.29 is 14.1 Å². The Balaban J connectivity index is 1.56. The number of amides is 1. The van der Waals surface area contributed by atoms with Gasteiger partial charge in [-0.2, -0.15) is 0 Å². The second-order valence-electron chi connectivity index (χ2n) is 7.30. The number of ether oxygens (including phenoxy) is 1. The molecule has 0 radical (unpaired) electrons. The van der Waals surface area contributed by atoms with Crippen LogP contribution in [0.2, 0.25) is 0 Å². The lowest BCUT2D eigenvalue weighted by atomic mass is 9.97. The van der Waals surface area contributed by atoms with Crippen LogP contribution in [0.4, 0.5) is 0 Å². The van der Waals surface area contributed by atoms with Gasteiger partial charge >= 0.3 is 0 Å². The summed E-state index contributed by atoms with van der Waals surface area (Å²) in [6.45, 7) is 6.92. The monoisotopic (exact) mass is 365 g/mol. The zero-order chi connectivity index (χ0) is 19.0. The van der Waals surface area contributed by atoms with Gasteiger partial charge < -0.3 is 14.6 Å². The van der Waals surface area contributed by atoms with Gasteiger partial charge in [0, 0.05) is 29.5 Å². The van der Waals surface area contributed by atoms with Crippen molar-refractivity contribution in [2.24, 2.45) is 5.92 Å². The first-order chi connectivity index (χ1) is 13.0. The third-order valence-corrected chi connectivity index (χ3v) is 5.07. The molecule has 1 aromatic carbocycles. The number of aromatic nitrogens is 2. The maximum absolute atomic E-state index is 13.1. The predicted molar refractivity (Wildman–Crippen MR) is 102 cm³/mol. The first kappa shape index (κ1) is 17.7. The smallest absolute Gasteiger partial charge is 0.252 e. The molecule has 1 aliphatic rings. The van der Waals surface area contributed by atoms with Gasteiger partial charge in [-0.05, 0) is 32.4 Å². The molecule has 6 heteroatoms. The summed E-state index contributed by atoms with van der Waals surface area (Å²) in [4.78, 5) is 17.6. The number of rotatable bonds is 4. The van der Waals surface area contributed by atoms with Crippen LogP contribution in [0.25, 0.3) is 10.9 Å². The number of benzene rings is 1. The predicted octanol–water partition coefficient (Wildman–Crippen LogP) is 3.14. The first-order valence-corrected chi connectivity index (χ1v) is 9.19. The summed E-state index contributed by atoms with van der Waals surface area (Å²) in [7, 11) is 0. The van der Waals surface area contributed by atoms with Gasteiger partial charge in [0.25, 0.3) is 5.91 Å². The molecule has 1 aliphatic heterocycles. The highest BCUT2D eigenvalue weighted by Crippen LogP contribution is 2.24. The molecule has 0 spiro atoms. The molecule has 1 N–H and O–H groups in total. The highest BCUT2D eigenvalue weighted by Gasteiger charge is 2.31. The van der Waals surface area contributed by atoms with E-state index < -0.39 is 0 Å². The van der Waals surface area contributed by atoms with Crippen LogP contribution in [0.1, 0.15) is 33.1 Å². The number of hydrogen-bond donors (Lipinski definition) is 1. The maximum atomic E-state index is 13.1. The Hall–Kier alpha value is -2.73. The van der Waals surface area contributed by atoms with Gasteiger partial charge in [-0.15, -0.1) is 0 Å². The Kier molecular flexibility index (Phi) is 4.66. The molecule has 27 heavy (non-hydrogen) atoms. The van der Waals surface area contributed by atoms with E-state index in [2.05, 4.69) is 15.5 Å². The summed E-state index contributed by atoms with van der Waals surface area (Å²) in [5, 5.41) is 7.97. The Morgan fingerprint density at radius 1 is 1.19 bits per heavy atom. The molecule has 4 rings (SSSR count). The minimum Gasteiger partial charge on any atom is -0.379 e. The summed E-state index contributed by atoms with van der Waals surface area (Å²) < 4.78 is 11.0. The van der Waals surface area contributed by atoms with Crippen molar-refractivity contribution in [3.8, 4) is 0 Å². The number of nitrogens with zero attached hydrogens (tertiary/aromatic N) is 2. The van der Waals surface area contributed by atoms with Gasteiger partial charge in [0.1, 0.15) is 5.76 Å². The van der Waals surface area contributed by atoms with Crippen molar-refractivity contribution in [1.29, 1.82) is 0 Å². The van der Waals surface area contributed by atoms with Crippen LogP contribution < -0.4 is 5.32 Å². The second kappa shape index (κ2) is 7.12. The molecular weight excluding hydrogens is 342 g/mol. The number of para-hydroxylation sites is 1. The van der Waals surface area contributed by atoms with Gasteiger partial charge in [-0.3, -0.25) is 9.78 Å². The van der Waals surface area contributed by atoms with Gasteiger partial charge in [0.05, 0.1) is 36.0 Å². The lowest BCUT2D eigenvalue weighted by Gasteiger charge is -2.19. The van der Waals surface area contributed by atoms with Crippen molar-refractivity contribution in [1.82, 2.24) is 15.5 Å². The van der Waals surface area contributed by atoms with E-state index in [1.165, 1.54) is 0 Å². The molecule has 3 heterocycles. The van der Waals surface area contributed by atoms with E-state index >= 15 is 0 Å². The average molecular weight is 365 g/mol. The average Bonchev–Trinajstić information content (AvgIpc) is 3.24. The Morgan fingerprint density at radius 2 is 2.04 bits per heavy atom. The lowest BCUT2D eigenvalue weighted by molar-refractivity contribution is 0.0926. The number of hydrogen-bond acceptors (Lipinski definition) is 5. The normalized spacial score (nSPS) is 19.5. The number of carbonyl (C=O) groups is 1. The zero-order valence-electron chi connectivity index (χ0n) is 15.8. The fourth-order valence-corrected chi connectivity index (χ4v) is 3.68. The number of carbonyl (C=O) groups excluding carboxylic acids is 1. The van der Waals surface area contributed by atoms with Crippen LogP contribution in [0.3, 0.4) is 0 Å². The van der Waals surface area contributed by atoms with Gasteiger partial charge in [0.2, 0.25) is 0 Å². The standard InChI is InChI=1S/C21H23N3O3/c1-12-5-4-6-17-18(8-13(2)22-20(12)17)21(25)23-19-11-26-10-15(19)9-16-7-14(3)24-27-16/h4-8,15,19H,9-11H2,1-3H3,(H,23,25)/t15-,19+/m0/s1. The van der Waals surface area contributed by atoms with Crippen LogP contribution in [0, 0.1) is 26.7 Å². The van der Waals surface area contributed by atoms with Crippen LogP contribution in [0.5, 0.6) is 0 Å². The SMILES string of the molecule is Cc1cc(C[C@H]2COC[C@H]2NC(=O)c2cc(C)nc3c(C)cccc23)on1. The number of pyridine rings is 1. The summed E-state index contributed by atoms with van der Waals surface area (Å²) in [6.07, 6.45) is 0.695. The Morgan fingerprint density at radius 3 is 2.81 bits per heavy atom. The van der Waals surface area contributed by atoms with Gasteiger partial charge in [-0.25, -0.2) is 0 Å². The van der Waals surface area contributed by atoms with Crippen molar-refractivity contribution in [3.63, 3.8) is 0 Å². The second-order valence-corrected chi connectivity index (χ2v) is 7.30. The first-order valence-electron chi connectivity index (χ1n) is 9.19. The minimum absolute atomic E-state index is 0.0590. The fourth-order valence-electron chi connectivity index (χ4n) is 3.68. The highest BCUT2D eigenvalue weighted by atomic mass is 16.5. The summed E-state index contributed by atoms with van der Waals surface area (Å²) >= 11 is 0.